The molecule has 0 amide bonds. The lowest BCUT2D eigenvalue weighted by Gasteiger charge is -2.28. The van der Waals surface area contributed by atoms with Gasteiger partial charge in [0.1, 0.15) is 11.9 Å². The molecule has 118 valence electrons. The van der Waals surface area contributed by atoms with Crippen molar-refractivity contribution in [1.29, 1.82) is 0 Å². The number of hydrogen-bond acceptors (Lipinski definition) is 4. The van der Waals surface area contributed by atoms with Crippen LogP contribution in [0.15, 0.2) is 12.2 Å². The van der Waals surface area contributed by atoms with E-state index in [2.05, 4.69) is 6.58 Å². The number of aliphatic hydroxyl groups excluding tert-OH is 1. The van der Waals surface area contributed by atoms with Crippen molar-refractivity contribution in [3.05, 3.63) is 12.2 Å². The van der Waals surface area contributed by atoms with E-state index in [1.807, 2.05) is 0 Å². The summed E-state index contributed by atoms with van der Waals surface area (Å²) >= 11 is 0. The van der Waals surface area contributed by atoms with E-state index in [1.54, 1.807) is 0 Å². The van der Waals surface area contributed by atoms with Crippen LogP contribution in [0.2, 0.25) is 0 Å². The minimum Gasteiger partial charge on any atom is -0.459 e. The van der Waals surface area contributed by atoms with Gasteiger partial charge in [-0.15, -0.1) is 0 Å². The van der Waals surface area contributed by atoms with Gasteiger partial charge in [0.05, 0.1) is 6.42 Å². The molecule has 2 bridgehead atoms. The Bertz CT molecular complexity index is 448. The maximum atomic E-state index is 14.9. The lowest BCUT2D eigenvalue weighted by molar-refractivity contribution is -0.165. The van der Waals surface area contributed by atoms with Crippen molar-refractivity contribution in [3.8, 4) is 0 Å². The fraction of sp³-hybridized carbons (Fsp3) is 0.750. The highest BCUT2D eigenvalue weighted by Gasteiger charge is 2.48. The zero-order chi connectivity index (χ0) is 15.6. The van der Waals surface area contributed by atoms with Crippen LogP contribution in [-0.2, 0) is 14.3 Å². The predicted octanol–water partition coefficient (Wildman–Crippen LogP) is 2.34. The van der Waals surface area contributed by atoms with E-state index in [9.17, 15) is 14.0 Å². The first-order valence-corrected chi connectivity index (χ1v) is 7.55. The molecule has 4 unspecified atom stereocenters. The molecule has 0 aliphatic heterocycles. The monoisotopic (exact) mass is 298 g/mol. The lowest BCUT2D eigenvalue weighted by Crippen LogP contribution is -2.41. The summed E-state index contributed by atoms with van der Waals surface area (Å²) in [6.07, 6.45) is 3.04. The van der Waals surface area contributed by atoms with Crippen LogP contribution in [0, 0.1) is 11.8 Å². The van der Waals surface area contributed by atoms with Gasteiger partial charge in [-0.05, 0) is 50.0 Å². The summed E-state index contributed by atoms with van der Waals surface area (Å²) in [4.78, 5) is 23.8. The maximum absolute atomic E-state index is 14.9. The summed E-state index contributed by atoms with van der Waals surface area (Å²) in [5.41, 5.74) is -2.50. The average Bonchev–Trinajstić information content (AvgIpc) is 3.00. The van der Waals surface area contributed by atoms with Gasteiger partial charge in [0.2, 0.25) is 5.67 Å². The van der Waals surface area contributed by atoms with E-state index in [0.717, 1.165) is 25.7 Å². The van der Waals surface area contributed by atoms with Crippen LogP contribution in [0.4, 0.5) is 4.39 Å². The molecule has 0 heterocycles. The molecule has 21 heavy (non-hydrogen) atoms. The highest BCUT2D eigenvalue weighted by molar-refractivity contribution is 5.91. The van der Waals surface area contributed by atoms with Crippen LogP contribution in [0.25, 0.3) is 0 Å². The van der Waals surface area contributed by atoms with E-state index in [0.29, 0.717) is 11.8 Å². The Kier molecular flexibility index (Phi) is 4.81. The molecule has 2 aliphatic carbocycles. The van der Waals surface area contributed by atoms with Gasteiger partial charge in [0.25, 0.3) is 0 Å². The van der Waals surface area contributed by atoms with Crippen molar-refractivity contribution >= 4 is 11.8 Å². The third kappa shape index (κ3) is 3.34. The zero-order valence-electron chi connectivity index (χ0n) is 12.4. The van der Waals surface area contributed by atoms with Crippen LogP contribution in [0.5, 0.6) is 0 Å². The van der Waals surface area contributed by atoms with Crippen molar-refractivity contribution in [2.45, 2.75) is 57.2 Å². The average molecular weight is 298 g/mol. The van der Waals surface area contributed by atoms with Gasteiger partial charge in [0.15, 0.2) is 0 Å². The second-order valence-electron chi connectivity index (χ2n) is 6.39. The highest BCUT2D eigenvalue weighted by Crippen LogP contribution is 2.46. The molecule has 2 aliphatic rings. The van der Waals surface area contributed by atoms with Crippen LogP contribution in [0.1, 0.15) is 45.4 Å². The molecule has 4 atom stereocenters. The molecule has 2 saturated carbocycles. The topological polar surface area (TPSA) is 63.6 Å². The van der Waals surface area contributed by atoms with Crippen molar-refractivity contribution in [3.63, 3.8) is 0 Å². The van der Waals surface area contributed by atoms with Gasteiger partial charge in [-0.3, -0.25) is 4.79 Å². The molecule has 0 saturated heterocycles. The standard InChI is InChI=1S/C16H23FO4/c1-10(2)16(17,9-13(19)5-6-18)15(20)21-14-8-11-3-4-12(14)7-11/h11-12,14,18H,1,3-9H2,2H3. The molecule has 0 aromatic rings. The molecule has 5 heteroatoms. The third-order valence-electron chi connectivity index (χ3n) is 4.76. The quantitative estimate of drug-likeness (QED) is 0.579. The second kappa shape index (κ2) is 6.26. The minimum absolute atomic E-state index is 0.0260. The fourth-order valence-electron chi connectivity index (χ4n) is 3.44. The molecular weight excluding hydrogens is 275 g/mol. The number of ketones is 1. The molecule has 4 nitrogen and oxygen atoms in total. The van der Waals surface area contributed by atoms with Crippen LogP contribution in [0.3, 0.4) is 0 Å². The number of carbonyl (C=O) groups is 2. The second-order valence-corrected chi connectivity index (χ2v) is 6.39. The lowest BCUT2D eigenvalue weighted by atomic mass is 9.90. The minimum atomic E-state index is -2.48. The van der Waals surface area contributed by atoms with Crippen LogP contribution in [-0.4, -0.2) is 35.2 Å². The largest absolute Gasteiger partial charge is 0.459 e. The number of fused-ring (bicyclic) bond motifs is 2. The summed E-state index contributed by atoms with van der Waals surface area (Å²) in [5.74, 6) is -0.587. The molecule has 0 aromatic carbocycles. The van der Waals surface area contributed by atoms with Gasteiger partial charge in [-0.2, -0.15) is 0 Å². The zero-order valence-corrected chi connectivity index (χ0v) is 12.4. The third-order valence-corrected chi connectivity index (χ3v) is 4.76. The van der Waals surface area contributed by atoms with E-state index >= 15 is 0 Å². The summed E-state index contributed by atoms with van der Waals surface area (Å²) in [6, 6.07) is 0. The van der Waals surface area contributed by atoms with Crippen LogP contribution >= 0.6 is 0 Å². The van der Waals surface area contributed by atoms with Gasteiger partial charge in [-0.1, -0.05) is 6.58 Å². The van der Waals surface area contributed by atoms with Crippen molar-refractivity contribution in [2.75, 3.05) is 6.61 Å². The number of esters is 1. The SMILES string of the molecule is C=C(C)C(F)(CC(=O)CCO)C(=O)OC1CC2CCC1C2. The molecule has 2 fully saturated rings. The summed E-state index contributed by atoms with van der Waals surface area (Å²) in [6.45, 7) is 4.52. The highest BCUT2D eigenvalue weighted by atomic mass is 19.1. The predicted molar refractivity (Wildman–Crippen MR) is 75.3 cm³/mol. The van der Waals surface area contributed by atoms with Crippen molar-refractivity contribution in [2.24, 2.45) is 11.8 Å². The number of rotatable bonds is 7. The van der Waals surface area contributed by atoms with E-state index in [-0.39, 0.29) is 24.7 Å². The summed E-state index contributed by atoms with van der Waals surface area (Å²) < 4.78 is 20.3. The number of Topliss-reactive ketones (excluding diaryl/α,β-unsaturated/α-hetero) is 1. The Labute approximate surface area is 124 Å². The number of alkyl halides is 1. The van der Waals surface area contributed by atoms with Crippen molar-refractivity contribution in [1.82, 2.24) is 0 Å². The number of aliphatic hydroxyl groups is 1. The van der Waals surface area contributed by atoms with E-state index in [1.165, 1.54) is 6.92 Å². The smallest absolute Gasteiger partial charge is 0.349 e. The van der Waals surface area contributed by atoms with Crippen molar-refractivity contribution < 1.29 is 23.8 Å². The normalized spacial score (nSPS) is 30.0. The summed E-state index contributed by atoms with van der Waals surface area (Å²) in [7, 11) is 0. The number of ether oxygens (including phenoxy) is 1. The first kappa shape index (κ1) is 16.1. The Hall–Kier alpha value is -1.23. The summed E-state index contributed by atoms with van der Waals surface area (Å²) in [5, 5.41) is 8.73. The van der Waals surface area contributed by atoms with Crippen LogP contribution < -0.4 is 0 Å². The Morgan fingerprint density at radius 3 is 2.57 bits per heavy atom. The van der Waals surface area contributed by atoms with Gasteiger partial charge in [0, 0.05) is 13.0 Å². The Balaban J connectivity index is 2.01. The number of hydrogen-bond donors (Lipinski definition) is 1. The first-order chi connectivity index (χ1) is 9.86. The molecule has 0 spiro atoms. The maximum Gasteiger partial charge on any atom is 0.349 e. The molecule has 1 N–H and O–H groups in total. The molecule has 0 aromatic heterocycles. The van der Waals surface area contributed by atoms with Gasteiger partial charge < -0.3 is 9.84 Å². The Morgan fingerprint density at radius 2 is 2.10 bits per heavy atom. The van der Waals surface area contributed by atoms with E-state index < -0.39 is 23.8 Å². The molecule has 2 rings (SSSR count). The first-order valence-electron chi connectivity index (χ1n) is 7.55. The van der Waals surface area contributed by atoms with E-state index in [4.69, 9.17) is 9.84 Å². The number of halogens is 1. The molecule has 0 radical (unpaired) electrons. The fourth-order valence-corrected chi connectivity index (χ4v) is 3.44. The number of carbonyl (C=O) groups excluding carboxylic acids is 2. The van der Waals surface area contributed by atoms with Gasteiger partial charge in [-0.25, -0.2) is 9.18 Å². The molecular formula is C16H23FO4. The van der Waals surface area contributed by atoms with Gasteiger partial charge >= 0.3 is 5.97 Å². The Morgan fingerprint density at radius 1 is 1.38 bits per heavy atom.